The Morgan fingerprint density at radius 1 is 1.41 bits per heavy atom. The van der Waals surface area contributed by atoms with Crippen molar-refractivity contribution in [2.75, 3.05) is 13.2 Å². The molecule has 0 spiro atoms. The van der Waals surface area contributed by atoms with Crippen molar-refractivity contribution >= 4 is 27.3 Å². The Morgan fingerprint density at radius 2 is 2.35 bits per heavy atom. The van der Waals surface area contributed by atoms with E-state index in [2.05, 4.69) is 26.2 Å². The van der Waals surface area contributed by atoms with Crippen LogP contribution in [0.1, 0.15) is 4.88 Å². The van der Waals surface area contributed by atoms with Crippen LogP contribution in [0.5, 0.6) is 5.75 Å². The maximum absolute atomic E-state index is 5.60. The van der Waals surface area contributed by atoms with Gasteiger partial charge in [0.05, 0.1) is 5.51 Å². The second kappa shape index (κ2) is 6.74. The van der Waals surface area contributed by atoms with E-state index in [1.165, 1.54) is 4.88 Å². The predicted molar refractivity (Wildman–Crippen MR) is 73.5 cm³/mol. The SMILES string of the molecule is Brc1cccc(OCCNCc2cncs2)c1. The molecule has 0 aliphatic heterocycles. The Morgan fingerprint density at radius 3 is 3.12 bits per heavy atom. The lowest BCUT2D eigenvalue weighted by Crippen LogP contribution is -2.20. The Labute approximate surface area is 113 Å². The Hall–Kier alpha value is -0.910. The van der Waals surface area contributed by atoms with Gasteiger partial charge >= 0.3 is 0 Å². The van der Waals surface area contributed by atoms with Gasteiger partial charge in [-0.25, -0.2) is 0 Å². The molecule has 0 fully saturated rings. The molecule has 1 aromatic carbocycles. The summed E-state index contributed by atoms with van der Waals surface area (Å²) < 4.78 is 6.64. The number of halogens is 1. The molecule has 5 heteroatoms. The van der Waals surface area contributed by atoms with E-state index in [9.17, 15) is 0 Å². The summed E-state index contributed by atoms with van der Waals surface area (Å²) in [4.78, 5) is 5.26. The van der Waals surface area contributed by atoms with E-state index in [0.717, 1.165) is 23.3 Å². The zero-order valence-corrected chi connectivity index (χ0v) is 11.6. The lowest BCUT2D eigenvalue weighted by atomic mass is 10.3. The summed E-state index contributed by atoms with van der Waals surface area (Å²) in [5.41, 5.74) is 1.84. The highest BCUT2D eigenvalue weighted by atomic mass is 79.9. The standard InChI is InChI=1S/C12H13BrN2OS/c13-10-2-1-3-11(6-10)16-5-4-14-7-12-8-15-9-17-12/h1-3,6,8-9,14H,4-5,7H2. The summed E-state index contributed by atoms with van der Waals surface area (Å²) in [7, 11) is 0. The van der Waals surface area contributed by atoms with Crippen molar-refractivity contribution in [2.24, 2.45) is 0 Å². The molecule has 2 rings (SSSR count). The highest BCUT2D eigenvalue weighted by molar-refractivity contribution is 9.10. The zero-order valence-electron chi connectivity index (χ0n) is 9.23. The highest BCUT2D eigenvalue weighted by Gasteiger charge is 1.96. The van der Waals surface area contributed by atoms with Gasteiger partial charge in [0.2, 0.25) is 0 Å². The van der Waals surface area contributed by atoms with Gasteiger partial charge in [-0.3, -0.25) is 4.98 Å². The van der Waals surface area contributed by atoms with Crippen molar-refractivity contribution in [1.29, 1.82) is 0 Å². The van der Waals surface area contributed by atoms with Gasteiger partial charge < -0.3 is 10.1 Å². The molecule has 0 saturated heterocycles. The van der Waals surface area contributed by atoms with Gasteiger partial charge in [-0.15, -0.1) is 11.3 Å². The Balaban J connectivity index is 1.63. The van der Waals surface area contributed by atoms with Crippen LogP contribution in [0.2, 0.25) is 0 Å². The second-order valence-electron chi connectivity index (χ2n) is 3.45. The molecule has 0 aliphatic rings. The first-order valence-corrected chi connectivity index (χ1v) is 6.98. The fourth-order valence-corrected chi connectivity index (χ4v) is 2.28. The number of ether oxygens (including phenoxy) is 1. The van der Waals surface area contributed by atoms with E-state index in [-0.39, 0.29) is 0 Å². The van der Waals surface area contributed by atoms with Crippen LogP contribution in [0.4, 0.5) is 0 Å². The number of aromatic nitrogens is 1. The average molecular weight is 313 g/mol. The third-order valence-corrected chi connectivity index (χ3v) is 3.40. The van der Waals surface area contributed by atoms with Crippen LogP contribution in [0.15, 0.2) is 40.4 Å². The molecule has 17 heavy (non-hydrogen) atoms. The van der Waals surface area contributed by atoms with Gasteiger partial charge in [-0.2, -0.15) is 0 Å². The van der Waals surface area contributed by atoms with Gasteiger partial charge in [0.25, 0.3) is 0 Å². The topological polar surface area (TPSA) is 34.1 Å². The molecule has 90 valence electrons. The predicted octanol–water partition coefficient (Wildman–Crippen LogP) is 3.07. The van der Waals surface area contributed by atoms with Gasteiger partial charge in [0.15, 0.2) is 0 Å². The summed E-state index contributed by atoms with van der Waals surface area (Å²) in [5, 5.41) is 3.31. The molecule has 0 aliphatic carbocycles. The molecule has 1 N–H and O–H groups in total. The van der Waals surface area contributed by atoms with Crippen molar-refractivity contribution in [3.63, 3.8) is 0 Å². The Kier molecular flexibility index (Phi) is 4.97. The van der Waals surface area contributed by atoms with Gasteiger partial charge in [0, 0.05) is 28.6 Å². The van der Waals surface area contributed by atoms with E-state index in [0.29, 0.717) is 6.61 Å². The van der Waals surface area contributed by atoms with Crippen LogP contribution in [0.25, 0.3) is 0 Å². The minimum atomic E-state index is 0.662. The minimum absolute atomic E-state index is 0.662. The van der Waals surface area contributed by atoms with Crippen LogP contribution in [0, 0.1) is 0 Å². The molecule has 0 amide bonds. The van der Waals surface area contributed by atoms with Crippen LogP contribution < -0.4 is 10.1 Å². The van der Waals surface area contributed by atoms with E-state index in [1.807, 2.05) is 36.0 Å². The molecular weight excluding hydrogens is 300 g/mol. The second-order valence-corrected chi connectivity index (χ2v) is 5.34. The fraction of sp³-hybridized carbons (Fsp3) is 0.250. The molecule has 0 atom stereocenters. The number of nitrogens with zero attached hydrogens (tertiary/aromatic N) is 1. The van der Waals surface area contributed by atoms with E-state index >= 15 is 0 Å². The molecule has 2 aromatic rings. The molecular formula is C12H13BrN2OS. The summed E-state index contributed by atoms with van der Waals surface area (Å²) in [6.45, 7) is 2.34. The van der Waals surface area contributed by atoms with E-state index in [1.54, 1.807) is 11.3 Å². The van der Waals surface area contributed by atoms with Crippen LogP contribution >= 0.6 is 27.3 Å². The average Bonchev–Trinajstić information content (AvgIpc) is 2.82. The number of thiazole rings is 1. The highest BCUT2D eigenvalue weighted by Crippen LogP contribution is 2.17. The third kappa shape index (κ3) is 4.46. The van der Waals surface area contributed by atoms with Gasteiger partial charge in [0.1, 0.15) is 12.4 Å². The van der Waals surface area contributed by atoms with Crippen molar-refractivity contribution in [3.05, 3.63) is 45.3 Å². The summed E-state index contributed by atoms with van der Waals surface area (Å²) >= 11 is 5.07. The van der Waals surface area contributed by atoms with Crippen LogP contribution in [-0.2, 0) is 6.54 Å². The van der Waals surface area contributed by atoms with Gasteiger partial charge in [-0.05, 0) is 18.2 Å². The minimum Gasteiger partial charge on any atom is -0.492 e. The Bertz CT molecular complexity index is 448. The maximum Gasteiger partial charge on any atom is 0.120 e. The van der Waals surface area contributed by atoms with E-state index in [4.69, 9.17) is 4.74 Å². The molecule has 0 saturated carbocycles. The van der Waals surface area contributed by atoms with Crippen molar-refractivity contribution in [2.45, 2.75) is 6.54 Å². The van der Waals surface area contributed by atoms with Crippen molar-refractivity contribution in [1.82, 2.24) is 10.3 Å². The molecule has 0 radical (unpaired) electrons. The lowest BCUT2D eigenvalue weighted by molar-refractivity contribution is 0.313. The number of rotatable bonds is 6. The van der Waals surface area contributed by atoms with Crippen LogP contribution in [0.3, 0.4) is 0 Å². The normalized spacial score (nSPS) is 10.4. The molecule has 0 bridgehead atoms. The first-order valence-electron chi connectivity index (χ1n) is 5.31. The number of hydrogen-bond acceptors (Lipinski definition) is 4. The third-order valence-electron chi connectivity index (χ3n) is 2.13. The van der Waals surface area contributed by atoms with Crippen molar-refractivity contribution in [3.8, 4) is 5.75 Å². The lowest BCUT2D eigenvalue weighted by Gasteiger charge is -2.07. The summed E-state index contributed by atoms with van der Waals surface area (Å²) in [6, 6.07) is 7.86. The largest absolute Gasteiger partial charge is 0.492 e. The van der Waals surface area contributed by atoms with Crippen LogP contribution in [-0.4, -0.2) is 18.1 Å². The first-order chi connectivity index (χ1) is 8.34. The zero-order chi connectivity index (χ0) is 11.9. The smallest absolute Gasteiger partial charge is 0.120 e. The number of benzene rings is 1. The first kappa shape index (κ1) is 12.5. The van der Waals surface area contributed by atoms with E-state index < -0.39 is 0 Å². The number of nitrogens with one attached hydrogen (secondary N) is 1. The molecule has 0 unspecified atom stereocenters. The quantitative estimate of drug-likeness (QED) is 0.832. The van der Waals surface area contributed by atoms with Crippen molar-refractivity contribution < 1.29 is 4.74 Å². The molecule has 1 aromatic heterocycles. The monoisotopic (exact) mass is 312 g/mol. The molecule has 3 nitrogen and oxygen atoms in total. The molecule has 1 heterocycles. The summed E-state index contributed by atoms with van der Waals surface area (Å²) in [6.07, 6.45) is 1.88. The number of hydrogen-bond donors (Lipinski definition) is 1. The maximum atomic E-state index is 5.60. The summed E-state index contributed by atoms with van der Waals surface area (Å²) in [5.74, 6) is 0.888. The van der Waals surface area contributed by atoms with Gasteiger partial charge in [-0.1, -0.05) is 22.0 Å². The fourth-order valence-electron chi connectivity index (χ4n) is 1.34.